The Bertz CT molecular complexity index is 718. The zero-order valence-electron chi connectivity index (χ0n) is 15.9. The summed E-state index contributed by atoms with van der Waals surface area (Å²) in [6, 6.07) is 4.24. The Morgan fingerprint density at radius 1 is 1.00 bits per heavy atom. The lowest BCUT2D eigenvalue weighted by Crippen LogP contribution is -2.58. The summed E-state index contributed by atoms with van der Waals surface area (Å²) in [4.78, 5) is 47.8. The Balaban J connectivity index is 2.91. The summed E-state index contributed by atoms with van der Waals surface area (Å²) in [5, 5.41) is 25.3. The van der Waals surface area contributed by atoms with Crippen molar-refractivity contribution < 1.29 is 29.4 Å². The van der Waals surface area contributed by atoms with Gasteiger partial charge in [0.1, 0.15) is 18.1 Å². The topological polar surface area (TPSA) is 171 Å². The van der Waals surface area contributed by atoms with Gasteiger partial charge in [0.2, 0.25) is 17.7 Å². The van der Waals surface area contributed by atoms with Crippen molar-refractivity contribution in [2.45, 2.75) is 37.5 Å². The second-order valence-electron chi connectivity index (χ2n) is 6.35. The van der Waals surface area contributed by atoms with Crippen molar-refractivity contribution in [3.63, 3.8) is 0 Å². The summed E-state index contributed by atoms with van der Waals surface area (Å²) in [6.45, 7) is 0.486. The van der Waals surface area contributed by atoms with E-state index in [-0.39, 0.29) is 12.2 Å². The summed E-state index contributed by atoms with van der Waals surface area (Å²) in [7, 11) is 0. The molecule has 0 saturated carbocycles. The minimum absolute atomic E-state index is 0.0697. The molecule has 7 N–H and O–H groups in total. The number of nitrogens with one attached hydrogen (secondary N) is 3. The van der Waals surface area contributed by atoms with Crippen LogP contribution in [0, 0.1) is 0 Å². The summed E-state index contributed by atoms with van der Waals surface area (Å²) < 4.78 is 0. The highest BCUT2D eigenvalue weighted by atomic mass is 32.1. The zero-order chi connectivity index (χ0) is 22.0. The minimum Gasteiger partial charge on any atom is -0.480 e. The molecular formula is C18H26N4O6S. The number of hydrogen-bond acceptors (Lipinski definition) is 7. The van der Waals surface area contributed by atoms with Crippen LogP contribution in [0.15, 0.2) is 30.3 Å². The number of thiol groups is 1. The van der Waals surface area contributed by atoms with Crippen LogP contribution in [0.1, 0.15) is 12.5 Å². The molecule has 4 unspecified atom stereocenters. The van der Waals surface area contributed by atoms with Crippen molar-refractivity contribution in [3.05, 3.63) is 35.9 Å². The standard InChI is InChI=1S/C18H26N4O6S/c1-10(18(27)28)20-17(26)14(8-23)22-16(25)13(21-15(24)12(19)9-29)7-11-5-3-2-4-6-11/h2-6,10,12-14,23,29H,7-9,19H2,1H3,(H,20,26)(H,21,24)(H,22,25)(H,27,28). The fourth-order valence-corrected chi connectivity index (χ4v) is 2.43. The lowest BCUT2D eigenvalue weighted by Gasteiger charge is -2.23. The van der Waals surface area contributed by atoms with E-state index in [1.807, 2.05) is 0 Å². The van der Waals surface area contributed by atoms with Crippen LogP contribution >= 0.6 is 12.6 Å². The van der Waals surface area contributed by atoms with Crippen molar-refractivity contribution in [3.8, 4) is 0 Å². The predicted octanol–water partition coefficient (Wildman–Crippen LogP) is -1.96. The molecule has 0 radical (unpaired) electrons. The molecule has 0 aliphatic carbocycles. The van der Waals surface area contributed by atoms with E-state index in [9.17, 15) is 24.3 Å². The number of aliphatic hydroxyl groups is 1. The Kier molecular flexibility index (Phi) is 10.1. The first-order valence-corrected chi connectivity index (χ1v) is 9.48. The summed E-state index contributed by atoms with van der Waals surface area (Å²) in [5.74, 6) is -3.39. The molecule has 0 heterocycles. The number of carbonyl (C=O) groups is 4. The third kappa shape index (κ3) is 8.10. The second-order valence-corrected chi connectivity index (χ2v) is 6.72. The number of benzene rings is 1. The van der Waals surface area contributed by atoms with E-state index in [0.29, 0.717) is 0 Å². The number of aliphatic carboxylic acids is 1. The van der Waals surface area contributed by atoms with Crippen molar-refractivity contribution in [1.82, 2.24) is 16.0 Å². The number of hydrogen-bond donors (Lipinski definition) is 7. The van der Waals surface area contributed by atoms with Gasteiger partial charge >= 0.3 is 5.97 Å². The van der Waals surface area contributed by atoms with Gasteiger partial charge in [-0.1, -0.05) is 30.3 Å². The Morgan fingerprint density at radius 3 is 2.07 bits per heavy atom. The monoisotopic (exact) mass is 426 g/mol. The molecule has 3 amide bonds. The molecule has 11 heteroatoms. The molecule has 29 heavy (non-hydrogen) atoms. The van der Waals surface area contributed by atoms with Gasteiger partial charge in [-0.2, -0.15) is 12.6 Å². The summed E-state index contributed by atoms with van der Waals surface area (Å²) >= 11 is 3.95. The van der Waals surface area contributed by atoms with Crippen LogP contribution < -0.4 is 21.7 Å². The molecule has 0 saturated heterocycles. The molecule has 0 bridgehead atoms. The lowest BCUT2D eigenvalue weighted by atomic mass is 10.0. The van der Waals surface area contributed by atoms with Crippen molar-refractivity contribution in [2.24, 2.45) is 5.73 Å². The van der Waals surface area contributed by atoms with Crippen LogP contribution in [-0.2, 0) is 25.6 Å². The van der Waals surface area contributed by atoms with Crippen molar-refractivity contribution in [1.29, 1.82) is 0 Å². The maximum absolute atomic E-state index is 12.7. The van der Waals surface area contributed by atoms with Gasteiger partial charge in [0.05, 0.1) is 12.6 Å². The van der Waals surface area contributed by atoms with E-state index in [1.165, 1.54) is 6.92 Å². The number of nitrogens with two attached hydrogens (primary N) is 1. The van der Waals surface area contributed by atoms with Gasteiger partial charge in [-0.3, -0.25) is 19.2 Å². The zero-order valence-corrected chi connectivity index (χ0v) is 16.8. The van der Waals surface area contributed by atoms with E-state index in [1.54, 1.807) is 30.3 Å². The first-order valence-electron chi connectivity index (χ1n) is 8.84. The largest absolute Gasteiger partial charge is 0.480 e. The molecule has 160 valence electrons. The van der Waals surface area contributed by atoms with Gasteiger partial charge in [-0.25, -0.2) is 0 Å². The van der Waals surface area contributed by atoms with E-state index < -0.39 is 54.5 Å². The number of amides is 3. The fourth-order valence-electron chi connectivity index (χ4n) is 2.26. The third-order valence-electron chi connectivity index (χ3n) is 3.99. The average molecular weight is 426 g/mol. The number of aliphatic hydroxyl groups excluding tert-OH is 1. The normalized spacial score (nSPS) is 14.8. The summed E-state index contributed by atoms with van der Waals surface area (Å²) in [5.41, 5.74) is 6.38. The average Bonchev–Trinajstić information content (AvgIpc) is 2.70. The number of carboxylic acid groups (broad SMARTS) is 1. The lowest BCUT2D eigenvalue weighted by molar-refractivity contribution is -0.142. The SMILES string of the molecule is CC(NC(=O)C(CO)NC(=O)C(Cc1ccccc1)NC(=O)C(N)CS)C(=O)O. The van der Waals surface area contributed by atoms with Crippen LogP contribution in [0.25, 0.3) is 0 Å². The molecule has 1 rings (SSSR count). The van der Waals surface area contributed by atoms with Gasteiger partial charge in [-0.05, 0) is 12.5 Å². The molecule has 0 aliphatic rings. The summed E-state index contributed by atoms with van der Waals surface area (Å²) in [6.07, 6.45) is 0.114. The third-order valence-corrected chi connectivity index (χ3v) is 4.39. The van der Waals surface area contributed by atoms with Gasteiger partial charge in [0.25, 0.3) is 0 Å². The van der Waals surface area contributed by atoms with Crippen molar-refractivity contribution >= 4 is 36.3 Å². The number of carbonyl (C=O) groups excluding carboxylic acids is 3. The van der Waals surface area contributed by atoms with Gasteiger partial charge in [0.15, 0.2) is 0 Å². The van der Waals surface area contributed by atoms with E-state index in [2.05, 4.69) is 28.6 Å². The van der Waals surface area contributed by atoms with Gasteiger partial charge < -0.3 is 31.9 Å². The van der Waals surface area contributed by atoms with Crippen LogP contribution in [0.5, 0.6) is 0 Å². The Labute approximate surface area is 173 Å². The molecule has 0 aromatic heterocycles. The fraction of sp³-hybridized carbons (Fsp3) is 0.444. The quantitative estimate of drug-likeness (QED) is 0.201. The first kappa shape index (κ1) is 24.4. The van der Waals surface area contributed by atoms with Gasteiger partial charge in [-0.15, -0.1) is 0 Å². The predicted molar refractivity (Wildman–Crippen MR) is 108 cm³/mol. The molecule has 1 aromatic rings. The highest BCUT2D eigenvalue weighted by molar-refractivity contribution is 7.80. The Hall–Kier alpha value is -2.63. The highest BCUT2D eigenvalue weighted by Gasteiger charge is 2.29. The molecule has 10 nitrogen and oxygen atoms in total. The van der Waals surface area contributed by atoms with Crippen LogP contribution in [0.2, 0.25) is 0 Å². The van der Waals surface area contributed by atoms with E-state index in [0.717, 1.165) is 5.56 Å². The molecule has 0 fully saturated rings. The number of rotatable bonds is 11. The Morgan fingerprint density at radius 2 is 1.55 bits per heavy atom. The first-order chi connectivity index (χ1) is 13.7. The van der Waals surface area contributed by atoms with Gasteiger partial charge in [0, 0.05) is 12.2 Å². The molecular weight excluding hydrogens is 400 g/mol. The molecule has 4 atom stereocenters. The number of carboxylic acids is 1. The highest BCUT2D eigenvalue weighted by Crippen LogP contribution is 2.05. The van der Waals surface area contributed by atoms with Crippen molar-refractivity contribution in [2.75, 3.05) is 12.4 Å². The molecule has 1 aromatic carbocycles. The smallest absolute Gasteiger partial charge is 0.325 e. The molecule has 0 spiro atoms. The van der Waals surface area contributed by atoms with Crippen LogP contribution in [0.3, 0.4) is 0 Å². The maximum atomic E-state index is 12.7. The van der Waals surface area contributed by atoms with E-state index in [4.69, 9.17) is 10.8 Å². The maximum Gasteiger partial charge on any atom is 0.325 e. The van der Waals surface area contributed by atoms with Crippen LogP contribution in [0.4, 0.5) is 0 Å². The molecule has 0 aliphatic heterocycles. The minimum atomic E-state index is -1.39. The second kappa shape index (κ2) is 12.0. The van der Waals surface area contributed by atoms with E-state index >= 15 is 0 Å². The van der Waals surface area contributed by atoms with Crippen LogP contribution in [-0.4, -0.2) is 70.4 Å².